The second-order valence-electron chi connectivity index (χ2n) is 6.43. The first kappa shape index (κ1) is 24.3. The molecule has 2 aliphatic rings. The second-order valence-corrected chi connectivity index (χ2v) is 7.29. The van der Waals surface area contributed by atoms with E-state index < -0.39 is 16.2 Å². The van der Waals surface area contributed by atoms with Crippen molar-refractivity contribution in [2.45, 2.75) is 70.9 Å². The topological polar surface area (TPSA) is 114 Å². The molecule has 10 heteroatoms. The fourth-order valence-corrected chi connectivity index (χ4v) is 2.53. The molecule has 2 saturated heterocycles. The van der Waals surface area contributed by atoms with Crippen LogP contribution in [0.1, 0.15) is 40.5 Å². The number of rotatable bonds is 4. The molecule has 24 heavy (non-hydrogen) atoms. The average molecular weight is 361 g/mol. The minimum atomic E-state index is -4.92. The van der Waals surface area contributed by atoms with E-state index in [1.165, 1.54) is 0 Å². The second kappa shape index (κ2) is 9.85. The van der Waals surface area contributed by atoms with Crippen molar-refractivity contribution in [3.8, 4) is 0 Å². The quantitative estimate of drug-likeness (QED) is 0.279. The molecule has 138 valence electrons. The van der Waals surface area contributed by atoms with Gasteiger partial charge in [-0.3, -0.25) is 11.0 Å². The molecule has 8 nitrogen and oxygen atoms in total. The maximum atomic E-state index is 8.63. The molecule has 0 aliphatic carbocycles. The van der Waals surface area contributed by atoms with Crippen LogP contribution >= 0.6 is 0 Å². The minimum Gasteiger partial charge on any atom is -0.726 e. The molecule has 0 aromatic carbocycles. The molecule has 1 N–H and O–H groups in total. The molecule has 0 aromatic heterocycles. The van der Waals surface area contributed by atoms with Gasteiger partial charge in [0, 0.05) is 7.11 Å². The zero-order chi connectivity index (χ0) is 17.8. The van der Waals surface area contributed by atoms with Gasteiger partial charge in [0.25, 0.3) is 0 Å². The third kappa shape index (κ3) is 9.13. The van der Waals surface area contributed by atoms with Gasteiger partial charge in [-0.2, -0.15) is 0 Å². The Morgan fingerprint density at radius 1 is 1.33 bits per heavy atom. The Hall–Kier alpha value is 0.307. The maximum Gasteiger partial charge on any atom is 1.00 e. The van der Waals surface area contributed by atoms with Gasteiger partial charge in [-0.25, -0.2) is 8.42 Å². The van der Waals surface area contributed by atoms with Crippen molar-refractivity contribution in [1.29, 1.82) is 0 Å². The summed E-state index contributed by atoms with van der Waals surface area (Å²) in [5, 5.41) is 0. The van der Waals surface area contributed by atoms with Crippen LogP contribution in [0.3, 0.4) is 0 Å². The Labute approximate surface area is 156 Å². The van der Waals surface area contributed by atoms with Crippen LogP contribution in [0.15, 0.2) is 0 Å². The maximum absolute atomic E-state index is 8.63. The van der Waals surface area contributed by atoms with Crippen molar-refractivity contribution in [2.75, 3.05) is 7.11 Å². The van der Waals surface area contributed by atoms with Gasteiger partial charge < -0.3 is 23.5 Å². The van der Waals surface area contributed by atoms with Crippen molar-refractivity contribution in [1.82, 2.24) is 0 Å². The van der Waals surface area contributed by atoms with Crippen LogP contribution in [0.2, 0.25) is 0 Å². The average Bonchev–Trinajstić information content (AvgIpc) is 2.67. The monoisotopic (exact) mass is 361 g/mol. The van der Waals surface area contributed by atoms with Crippen LogP contribution in [0.4, 0.5) is 0 Å². The summed E-state index contributed by atoms with van der Waals surface area (Å²) in [7, 11) is -3.26. The Morgan fingerprint density at radius 3 is 2.33 bits per heavy atom. The van der Waals surface area contributed by atoms with E-state index in [1.54, 1.807) is 7.11 Å². The summed E-state index contributed by atoms with van der Waals surface area (Å²) in [5.74, 6) is 0.122. The van der Waals surface area contributed by atoms with Crippen LogP contribution in [-0.2, 0) is 29.3 Å². The molecule has 2 aliphatic heterocycles. The van der Waals surface area contributed by atoms with Crippen molar-refractivity contribution in [2.24, 2.45) is 5.92 Å². The van der Waals surface area contributed by atoms with Crippen molar-refractivity contribution >= 4 is 10.4 Å². The fraction of sp³-hybridized carbons (Fsp3) is 0.929. The zero-order valence-electron chi connectivity index (χ0n) is 15.1. The molecular formula is C14H26LiO8S-. The predicted molar refractivity (Wildman–Crippen MR) is 80.2 cm³/mol. The SMILES string of the molecule is CO[C@@H]1OC(CCC(C)C)[CH-][C@@H]2OC(C)(C)OC12.O=S(=O)([O-])O.[Li+]. The molecule has 0 bridgehead atoms. The molecule has 0 saturated carbocycles. The number of hydrogen-bond donors (Lipinski definition) is 1. The zero-order valence-corrected chi connectivity index (χ0v) is 15.9. The molecule has 2 unspecified atom stereocenters. The summed E-state index contributed by atoms with van der Waals surface area (Å²) in [6.45, 7) is 8.29. The van der Waals surface area contributed by atoms with Gasteiger partial charge in [0.1, 0.15) is 6.10 Å². The van der Waals surface area contributed by atoms with Crippen LogP contribution in [0, 0.1) is 12.3 Å². The van der Waals surface area contributed by atoms with E-state index in [0.29, 0.717) is 5.92 Å². The summed E-state index contributed by atoms with van der Waals surface area (Å²) < 4.78 is 55.8. The third-order valence-corrected chi connectivity index (χ3v) is 3.41. The summed E-state index contributed by atoms with van der Waals surface area (Å²) in [6.07, 6.45) is 3.84. The molecule has 0 aromatic rings. The molecule has 4 atom stereocenters. The summed E-state index contributed by atoms with van der Waals surface area (Å²) in [6, 6.07) is 0. The Balaban J connectivity index is 0.000000777. The first-order valence-electron chi connectivity index (χ1n) is 7.48. The van der Waals surface area contributed by atoms with E-state index in [-0.39, 0.29) is 43.5 Å². The smallest absolute Gasteiger partial charge is 0.726 e. The Kier molecular flexibility index (Phi) is 9.98. The van der Waals surface area contributed by atoms with E-state index in [2.05, 4.69) is 20.3 Å². The van der Waals surface area contributed by atoms with Crippen molar-refractivity contribution in [3.63, 3.8) is 0 Å². The first-order valence-corrected chi connectivity index (χ1v) is 8.85. The van der Waals surface area contributed by atoms with E-state index in [9.17, 15) is 0 Å². The number of fused-ring (bicyclic) bond motifs is 1. The van der Waals surface area contributed by atoms with E-state index in [4.69, 9.17) is 36.5 Å². The van der Waals surface area contributed by atoms with E-state index >= 15 is 0 Å². The molecule has 2 heterocycles. The molecule has 0 spiro atoms. The summed E-state index contributed by atoms with van der Waals surface area (Å²) >= 11 is 0. The summed E-state index contributed by atoms with van der Waals surface area (Å²) in [4.78, 5) is 0. The van der Waals surface area contributed by atoms with Gasteiger partial charge >= 0.3 is 18.9 Å². The molecule has 2 rings (SSSR count). The fourth-order valence-electron chi connectivity index (χ4n) is 2.53. The van der Waals surface area contributed by atoms with Gasteiger partial charge in [-0.1, -0.05) is 32.8 Å². The number of ether oxygens (including phenoxy) is 4. The van der Waals surface area contributed by atoms with Gasteiger partial charge in [-0.15, -0.1) is 0 Å². The first-order chi connectivity index (χ1) is 10.4. The normalized spacial score (nSPS) is 31.7. The van der Waals surface area contributed by atoms with E-state index in [1.807, 2.05) is 13.8 Å². The molecule has 0 amide bonds. The third-order valence-electron chi connectivity index (χ3n) is 3.41. The van der Waals surface area contributed by atoms with Gasteiger partial charge in [-0.05, 0) is 25.9 Å². The van der Waals surface area contributed by atoms with Gasteiger partial charge in [0.05, 0.1) is 0 Å². The minimum absolute atomic E-state index is 0. The van der Waals surface area contributed by atoms with Crippen LogP contribution < -0.4 is 18.9 Å². The van der Waals surface area contributed by atoms with Crippen LogP contribution in [-0.4, -0.2) is 55.0 Å². The number of hydrogen-bond acceptors (Lipinski definition) is 7. The van der Waals surface area contributed by atoms with Crippen molar-refractivity contribution in [3.05, 3.63) is 6.42 Å². The number of methoxy groups -OCH3 is 1. The standard InChI is InChI=1S/C14H25O4.Li.H2O4S/c1-9(2)6-7-10-8-11-12(13(15-5)16-10)18-14(3,4)17-11;;1-5(2,3)4/h8-13H,6-7H2,1-5H3;;(H2,1,2,3,4)/q-1;+1;/p-1/t10?,11-,12?,13+;;/m0../s1. The van der Waals surface area contributed by atoms with Crippen LogP contribution in [0.5, 0.6) is 0 Å². The van der Waals surface area contributed by atoms with Crippen molar-refractivity contribution < 1.29 is 55.3 Å². The van der Waals surface area contributed by atoms with E-state index in [0.717, 1.165) is 12.8 Å². The largest absolute Gasteiger partial charge is 1.00 e. The predicted octanol–water partition coefficient (Wildman–Crippen LogP) is -1.47. The molecule has 0 radical (unpaired) electrons. The Morgan fingerprint density at radius 2 is 1.88 bits per heavy atom. The Bertz CT molecular complexity index is 459. The molecule has 2 fully saturated rings. The summed E-state index contributed by atoms with van der Waals surface area (Å²) in [5.41, 5.74) is 0. The van der Waals surface area contributed by atoms with Gasteiger partial charge in [0.2, 0.25) is 10.4 Å². The van der Waals surface area contributed by atoms with Gasteiger partial charge in [0.15, 0.2) is 12.1 Å². The van der Waals surface area contributed by atoms with Crippen LogP contribution in [0.25, 0.3) is 0 Å². The molecular weight excluding hydrogens is 335 g/mol.